The number of rotatable bonds is 4. The molecule has 0 amide bonds. The van der Waals surface area contributed by atoms with E-state index in [1.54, 1.807) is 0 Å². The summed E-state index contributed by atoms with van der Waals surface area (Å²) in [5.74, 6) is 0. The quantitative estimate of drug-likeness (QED) is 0.515. The van der Waals surface area contributed by atoms with Crippen LogP contribution in [0, 0.1) is 0 Å². The number of aliphatic hydroxyl groups is 1. The molecule has 1 aliphatic rings. The molecule has 0 bridgehead atoms. The topological polar surface area (TPSA) is 32.3 Å². The summed E-state index contributed by atoms with van der Waals surface area (Å²) in [4.78, 5) is 0. The van der Waals surface area contributed by atoms with E-state index in [-0.39, 0.29) is 6.10 Å². The van der Waals surface area contributed by atoms with Crippen molar-refractivity contribution in [3.8, 4) is 0 Å². The fourth-order valence-electron chi connectivity index (χ4n) is 1.87. The summed E-state index contributed by atoms with van der Waals surface area (Å²) < 4.78 is 0. The van der Waals surface area contributed by atoms with E-state index < -0.39 is 0 Å². The van der Waals surface area contributed by atoms with Crippen molar-refractivity contribution in [2.75, 3.05) is 6.54 Å². The summed E-state index contributed by atoms with van der Waals surface area (Å²) in [6, 6.07) is 0.346. The van der Waals surface area contributed by atoms with E-state index in [1.807, 2.05) is 6.92 Å². The predicted molar refractivity (Wildman–Crippen MR) is 55.7 cm³/mol. The van der Waals surface area contributed by atoms with Crippen molar-refractivity contribution in [2.24, 2.45) is 0 Å². The highest BCUT2D eigenvalue weighted by molar-refractivity contribution is 4.83. The van der Waals surface area contributed by atoms with E-state index in [0.717, 1.165) is 25.8 Å². The molecule has 2 heteroatoms. The van der Waals surface area contributed by atoms with Crippen LogP contribution in [0.5, 0.6) is 0 Å². The number of aliphatic hydroxyl groups excluding tert-OH is 1. The fraction of sp³-hybridized carbons (Fsp3) is 0.818. The van der Waals surface area contributed by atoms with Crippen LogP contribution in [0.2, 0.25) is 0 Å². The first-order valence-corrected chi connectivity index (χ1v) is 5.37. The second-order valence-corrected chi connectivity index (χ2v) is 3.77. The minimum absolute atomic E-state index is 0.112. The Hall–Kier alpha value is -0.340. The van der Waals surface area contributed by atoms with Crippen LogP contribution in [-0.4, -0.2) is 23.8 Å². The van der Waals surface area contributed by atoms with Gasteiger partial charge >= 0.3 is 0 Å². The zero-order chi connectivity index (χ0) is 9.52. The van der Waals surface area contributed by atoms with Crippen molar-refractivity contribution < 1.29 is 5.11 Å². The first-order chi connectivity index (χ1) is 6.34. The van der Waals surface area contributed by atoms with Crippen molar-refractivity contribution >= 4 is 0 Å². The Morgan fingerprint density at radius 2 is 2.15 bits per heavy atom. The summed E-state index contributed by atoms with van der Waals surface area (Å²) in [5.41, 5.74) is 0. The normalized spacial score (nSPS) is 29.7. The van der Waals surface area contributed by atoms with Crippen LogP contribution in [0.25, 0.3) is 0 Å². The second-order valence-electron chi connectivity index (χ2n) is 3.77. The Balaban J connectivity index is 2.11. The van der Waals surface area contributed by atoms with Crippen LogP contribution in [0.15, 0.2) is 12.2 Å². The molecule has 1 aliphatic carbocycles. The van der Waals surface area contributed by atoms with Crippen molar-refractivity contribution in [1.82, 2.24) is 5.32 Å². The largest absolute Gasteiger partial charge is 0.392 e. The number of allylic oxidation sites excluding steroid dienone is 1. The molecule has 2 N–H and O–H groups in total. The highest BCUT2D eigenvalue weighted by atomic mass is 16.3. The van der Waals surface area contributed by atoms with E-state index in [9.17, 15) is 5.11 Å². The minimum atomic E-state index is -0.112. The van der Waals surface area contributed by atoms with Gasteiger partial charge in [0.25, 0.3) is 0 Å². The molecule has 1 saturated carbocycles. The van der Waals surface area contributed by atoms with E-state index in [4.69, 9.17) is 0 Å². The Labute approximate surface area is 81.0 Å². The third-order valence-electron chi connectivity index (χ3n) is 2.68. The molecule has 0 heterocycles. The number of nitrogens with one attached hydrogen (secondary N) is 1. The summed E-state index contributed by atoms with van der Waals surface area (Å²) in [6.45, 7) is 3.03. The Bertz CT molecular complexity index is 156. The molecular formula is C11H21NO. The molecule has 1 fully saturated rings. The third-order valence-corrected chi connectivity index (χ3v) is 2.68. The maximum atomic E-state index is 9.64. The van der Waals surface area contributed by atoms with Gasteiger partial charge in [-0.2, -0.15) is 0 Å². The van der Waals surface area contributed by atoms with Crippen molar-refractivity contribution in [2.45, 2.75) is 51.2 Å². The monoisotopic (exact) mass is 183 g/mol. The van der Waals surface area contributed by atoms with Crippen LogP contribution < -0.4 is 5.32 Å². The van der Waals surface area contributed by atoms with Gasteiger partial charge in [-0.15, -0.1) is 0 Å². The lowest BCUT2D eigenvalue weighted by Crippen LogP contribution is -2.42. The molecular weight excluding hydrogens is 162 g/mol. The molecule has 0 radical (unpaired) electrons. The lowest BCUT2D eigenvalue weighted by atomic mass is 9.92. The van der Waals surface area contributed by atoms with Gasteiger partial charge in [0.2, 0.25) is 0 Å². The molecule has 76 valence electrons. The maximum Gasteiger partial charge on any atom is 0.0693 e. The van der Waals surface area contributed by atoms with Gasteiger partial charge in [0.1, 0.15) is 0 Å². The van der Waals surface area contributed by atoms with Gasteiger partial charge in [0.15, 0.2) is 0 Å². The second kappa shape index (κ2) is 6.17. The van der Waals surface area contributed by atoms with E-state index >= 15 is 0 Å². The van der Waals surface area contributed by atoms with Crippen molar-refractivity contribution in [1.29, 1.82) is 0 Å². The molecule has 2 nitrogen and oxygen atoms in total. The number of hydrogen-bond acceptors (Lipinski definition) is 2. The first kappa shape index (κ1) is 10.7. The van der Waals surface area contributed by atoms with Crippen LogP contribution >= 0.6 is 0 Å². The summed E-state index contributed by atoms with van der Waals surface area (Å²) in [7, 11) is 0. The van der Waals surface area contributed by atoms with Crippen LogP contribution in [0.1, 0.15) is 39.0 Å². The van der Waals surface area contributed by atoms with E-state index in [2.05, 4.69) is 17.5 Å². The third kappa shape index (κ3) is 3.92. The zero-order valence-electron chi connectivity index (χ0n) is 8.50. The Morgan fingerprint density at radius 1 is 1.38 bits per heavy atom. The summed E-state index contributed by atoms with van der Waals surface area (Å²) >= 11 is 0. The smallest absolute Gasteiger partial charge is 0.0693 e. The molecule has 0 saturated heterocycles. The molecule has 0 unspecified atom stereocenters. The van der Waals surface area contributed by atoms with Crippen LogP contribution in [-0.2, 0) is 0 Å². The molecule has 0 aromatic heterocycles. The molecule has 0 aliphatic heterocycles. The maximum absolute atomic E-state index is 9.64. The summed E-state index contributed by atoms with van der Waals surface area (Å²) in [5, 5.41) is 13.0. The molecule has 2 atom stereocenters. The molecule has 1 rings (SSSR count). The number of hydrogen-bond donors (Lipinski definition) is 2. The predicted octanol–water partition coefficient (Wildman–Crippen LogP) is 1.85. The lowest BCUT2D eigenvalue weighted by Gasteiger charge is -2.28. The standard InChI is InChI=1S/C11H21NO/c1-2-3-6-9-12-10-7-4-5-8-11(10)13/h2-3,10-13H,4-9H2,1H3/b3-2+/t10-,11-/m0/s1. The van der Waals surface area contributed by atoms with Crippen molar-refractivity contribution in [3.05, 3.63) is 12.2 Å². The van der Waals surface area contributed by atoms with Gasteiger partial charge in [-0.05, 0) is 32.7 Å². The van der Waals surface area contributed by atoms with Crippen LogP contribution in [0.3, 0.4) is 0 Å². The Kier molecular flexibility index (Phi) is 5.09. The van der Waals surface area contributed by atoms with Crippen LogP contribution in [0.4, 0.5) is 0 Å². The average molecular weight is 183 g/mol. The van der Waals surface area contributed by atoms with Gasteiger partial charge in [0.05, 0.1) is 6.10 Å². The van der Waals surface area contributed by atoms with Gasteiger partial charge in [-0.25, -0.2) is 0 Å². The highest BCUT2D eigenvalue weighted by Crippen LogP contribution is 2.18. The van der Waals surface area contributed by atoms with Gasteiger partial charge in [0, 0.05) is 6.04 Å². The minimum Gasteiger partial charge on any atom is -0.392 e. The van der Waals surface area contributed by atoms with E-state index in [1.165, 1.54) is 12.8 Å². The van der Waals surface area contributed by atoms with Gasteiger partial charge in [-0.1, -0.05) is 25.0 Å². The molecule has 0 aromatic rings. The zero-order valence-corrected chi connectivity index (χ0v) is 8.50. The highest BCUT2D eigenvalue weighted by Gasteiger charge is 2.21. The molecule has 0 aromatic carbocycles. The van der Waals surface area contributed by atoms with Gasteiger partial charge in [-0.3, -0.25) is 0 Å². The van der Waals surface area contributed by atoms with E-state index in [0.29, 0.717) is 6.04 Å². The Morgan fingerprint density at radius 3 is 2.85 bits per heavy atom. The lowest BCUT2D eigenvalue weighted by molar-refractivity contribution is 0.0915. The molecule has 0 spiro atoms. The van der Waals surface area contributed by atoms with Gasteiger partial charge < -0.3 is 10.4 Å². The summed E-state index contributed by atoms with van der Waals surface area (Å²) in [6.07, 6.45) is 9.74. The SMILES string of the molecule is C/C=C/CCN[C@H]1CCCC[C@@H]1O. The first-order valence-electron chi connectivity index (χ1n) is 5.37. The fourth-order valence-corrected chi connectivity index (χ4v) is 1.87. The van der Waals surface area contributed by atoms with Crippen molar-refractivity contribution in [3.63, 3.8) is 0 Å². The molecule has 13 heavy (non-hydrogen) atoms. The average Bonchev–Trinajstić information content (AvgIpc) is 2.15.